The number of H-pyrrole nitrogens is 4. The molecule has 0 radical (unpaired) electrons. The summed E-state index contributed by atoms with van der Waals surface area (Å²) >= 11 is 28.1. The third-order valence-electron chi connectivity index (χ3n) is 14.8. The van der Waals surface area contributed by atoms with E-state index < -0.39 is 33.1 Å². The van der Waals surface area contributed by atoms with Gasteiger partial charge in [0.15, 0.2) is 20.0 Å². The van der Waals surface area contributed by atoms with Crippen LogP contribution in [-0.4, -0.2) is 147 Å². The van der Waals surface area contributed by atoms with Gasteiger partial charge in [-0.05, 0) is 183 Å². The maximum atomic E-state index is 12.5. The molecule has 0 bridgehead atoms. The number of halogens is 9. The van der Waals surface area contributed by atoms with Crippen molar-refractivity contribution in [1.29, 1.82) is 0 Å². The van der Waals surface area contributed by atoms with E-state index in [-0.39, 0.29) is 40.7 Å². The molecule has 0 amide bonds. The van der Waals surface area contributed by atoms with E-state index in [1.807, 2.05) is 130 Å². The van der Waals surface area contributed by atoms with E-state index in [0.717, 1.165) is 90.4 Å². The number of methoxy groups -OCH3 is 4. The van der Waals surface area contributed by atoms with E-state index in [9.17, 15) is 33.6 Å². The number of rotatable bonds is 16. The highest BCUT2D eigenvalue weighted by molar-refractivity contribution is 9.11. The van der Waals surface area contributed by atoms with E-state index in [0.29, 0.717) is 50.5 Å². The van der Waals surface area contributed by atoms with Crippen molar-refractivity contribution in [1.82, 2.24) is 44.9 Å². The smallest absolute Gasteiger partial charge is 0.497 e. The topological polar surface area (TPSA) is 323 Å². The molecule has 5 N–H and O–H groups in total. The van der Waals surface area contributed by atoms with Gasteiger partial charge in [0.2, 0.25) is 22.4 Å². The molecular formula is C70H62AlBBr3Cl6N9O14S5. The lowest BCUT2D eigenvalue weighted by atomic mass is 9.90. The number of ketones is 3. The number of ether oxygens (including phenoxy) is 4. The Hall–Kier alpha value is -6.94. The van der Waals surface area contributed by atoms with Gasteiger partial charge in [0.1, 0.15) is 36.8 Å². The van der Waals surface area contributed by atoms with Crippen molar-refractivity contribution in [3.05, 3.63) is 217 Å². The summed E-state index contributed by atoms with van der Waals surface area (Å²) in [7, 11) is 21.1. The van der Waals surface area contributed by atoms with Crippen molar-refractivity contribution >= 4 is 277 Å². The highest BCUT2D eigenvalue weighted by Crippen LogP contribution is 2.37. The van der Waals surface area contributed by atoms with Gasteiger partial charge in [-0.25, -0.2) is 59.9 Å². The number of hydrogen-bond acceptors (Lipinski definition) is 23. The largest absolute Gasteiger partial charge is 0.643 e. The minimum Gasteiger partial charge on any atom is -0.497 e. The number of aromatic nitrogens is 9. The van der Waals surface area contributed by atoms with E-state index in [4.69, 9.17) is 75.1 Å². The lowest BCUT2D eigenvalue weighted by molar-refractivity contribution is -0.127. The average Bonchev–Trinajstić information content (AvgIpc) is 1.67. The number of fused-ring (bicyclic) bond motifs is 4. The number of carbonyl (C=O) groups is 7. The third kappa shape index (κ3) is 26.9. The fourth-order valence-corrected chi connectivity index (χ4v) is 14.0. The minimum absolute atomic E-state index is 0.0360. The first-order valence-electron chi connectivity index (χ1n) is 31.0. The molecule has 23 nitrogen and oxygen atoms in total. The molecule has 1 aliphatic rings. The van der Waals surface area contributed by atoms with Gasteiger partial charge in [0.05, 0.1) is 67.7 Å². The fourth-order valence-electron chi connectivity index (χ4n) is 8.86. The maximum Gasteiger partial charge on any atom is 0.643 e. The first kappa shape index (κ1) is 90.9. The quantitative estimate of drug-likeness (QED) is 0.0260. The Morgan fingerprint density at radius 2 is 0.881 bits per heavy atom. The monoisotopic (exact) mass is 1900 g/mol. The van der Waals surface area contributed by atoms with Crippen LogP contribution < -0.4 is 18.9 Å². The van der Waals surface area contributed by atoms with E-state index in [1.54, 1.807) is 75.2 Å². The van der Waals surface area contributed by atoms with Crippen molar-refractivity contribution in [2.45, 2.75) is 52.2 Å². The number of carboxylic acid groups (broad SMARTS) is 1. The Labute approximate surface area is 701 Å². The number of aromatic carboxylic acids is 1. The number of hydrogen-bond donors (Lipinski definition) is 5. The lowest BCUT2D eigenvalue weighted by Gasteiger charge is -2.32. The van der Waals surface area contributed by atoms with Crippen LogP contribution in [0.1, 0.15) is 112 Å². The number of thiazole rings is 5. The second-order valence-corrected chi connectivity index (χ2v) is 36.4. The van der Waals surface area contributed by atoms with Crippen molar-refractivity contribution in [2.75, 3.05) is 28.4 Å². The van der Waals surface area contributed by atoms with E-state index in [1.165, 1.54) is 50.7 Å². The lowest BCUT2D eigenvalue weighted by Crippen LogP contribution is -2.41. The summed E-state index contributed by atoms with van der Waals surface area (Å²) in [6, 6.07) is 24.8. The van der Waals surface area contributed by atoms with Crippen LogP contribution in [0.25, 0.3) is 49.7 Å². The number of aromatic amines is 4. The Bertz CT molecular complexity index is 5230. The molecule has 570 valence electrons. The molecule has 13 aromatic rings. The molecule has 1 saturated heterocycles. The van der Waals surface area contributed by atoms with Crippen LogP contribution in [0.4, 0.5) is 0 Å². The Balaban J connectivity index is 0.000000199. The fraction of sp³-hybridized carbons (Fsp3) is 0.171. The SMILES string of the molecule is C=CB1OC(C)(C)C(C)(C)O1.C=Cc1csc(C(=O)c2c[nH]c3cc(OC)ccc23)n1.CCc1csc(C(=O)c2c[nH]c3cc(OC)ccc23)n1.COc1ccc2c(C(=O)c3nc(Br)cs3)c[nH]c2c1.COc1ccc2cc[nH]c2c1.O=C(Cl)C(=O)Cl.O=C(Cl)c1nc(Br)cs1.O=C(O)c1nc(Br)cs1.[Cl][Al]([Cl])[Cl]. The molecule has 14 rings (SSSR count). The Morgan fingerprint density at radius 3 is 1.18 bits per heavy atom. The summed E-state index contributed by atoms with van der Waals surface area (Å²) < 4.78 is 33.6. The second kappa shape index (κ2) is 43.8. The van der Waals surface area contributed by atoms with Gasteiger partial charge >= 0.3 is 35.0 Å². The molecule has 0 aliphatic carbocycles. The number of nitrogens with zero attached hydrogens (tertiary/aromatic N) is 5. The average molecular weight is 1900 g/mol. The molecule has 9 aromatic heterocycles. The molecule has 39 heteroatoms. The van der Waals surface area contributed by atoms with Crippen LogP contribution in [0.15, 0.2) is 163 Å². The van der Waals surface area contributed by atoms with Gasteiger partial charge in [-0.1, -0.05) is 19.5 Å². The molecule has 1 aliphatic heterocycles. The standard InChI is InChI=1S/C15H14N2O2S.C15H12N2O2S.C13H9BrN2O2S.C9H9NO.C8H15BO2.C4HBrClNOS.C4H2BrNO2S.C2Cl2O2.Al.3ClH/c2*1-3-9-8-20-15(17-9)14(18)12-7-16-13-6-10(19-2)4-5-11(12)13;1-18-7-2-3-8-9(5-15-10(8)4-7)12(17)13-16-11(14)6-19-13;1-11-8-3-2-7-4-5-10-9(7)6-8;1-6-9-10-7(2,3)8(4,5)11-9;5-2-1-9-4(7-2)3(6)8;5-2-1-9-3(6-2)4(7)8;3-1(5)2(4)6;;;;/h4-8,16H,3H2,1-2H3;3-8,16H,1H2,2H3;2-6,15H,1H3;2-6,10H,1H3;6H,1H2,2-5H3;1H;1H,(H,7,8);;;3*1H/q;;;;;;;;+3;;;/p-3. The van der Waals surface area contributed by atoms with Crippen LogP contribution in [0.5, 0.6) is 23.0 Å². The van der Waals surface area contributed by atoms with Crippen molar-refractivity contribution in [3.8, 4) is 23.0 Å². The molecule has 4 aromatic carbocycles. The van der Waals surface area contributed by atoms with Gasteiger partial charge < -0.3 is 53.3 Å². The third-order valence-corrected chi connectivity index (χ3v) is 21.9. The van der Waals surface area contributed by atoms with Gasteiger partial charge in [0.25, 0.3) is 5.24 Å². The highest BCUT2D eigenvalue weighted by atomic mass is 79.9. The van der Waals surface area contributed by atoms with Gasteiger partial charge in [-0.3, -0.25) is 28.8 Å². The molecule has 0 spiro atoms. The molecule has 0 saturated carbocycles. The molecule has 0 unspecified atom stereocenters. The molecule has 1 fully saturated rings. The van der Waals surface area contributed by atoms with Crippen LogP contribution in [0, 0.1) is 0 Å². The summed E-state index contributed by atoms with van der Waals surface area (Å²) in [5, 5.41) is 20.2. The summed E-state index contributed by atoms with van der Waals surface area (Å²) in [6.45, 7) is 17.4. The van der Waals surface area contributed by atoms with Gasteiger partial charge in [-0.2, -0.15) is 0 Å². The van der Waals surface area contributed by atoms with E-state index >= 15 is 0 Å². The zero-order valence-electron chi connectivity index (χ0n) is 58.6. The number of carbonyl (C=O) groups excluding carboxylic acids is 6. The van der Waals surface area contributed by atoms with Crippen molar-refractivity contribution < 1.29 is 66.9 Å². The summed E-state index contributed by atoms with van der Waals surface area (Å²) in [6.07, 6.45) is 9.55. The predicted molar refractivity (Wildman–Crippen MR) is 451 cm³/mol. The van der Waals surface area contributed by atoms with Crippen LogP contribution >= 0.6 is 169 Å². The Kier molecular flexibility index (Phi) is 36.5. The minimum atomic E-state index is -1.72. The predicted octanol–water partition coefficient (Wildman–Crippen LogP) is 20.6. The van der Waals surface area contributed by atoms with Gasteiger partial charge in [0, 0.05) is 114 Å². The summed E-state index contributed by atoms with van der Waals surface area (Å²) in [5.74, 6) is 3.66. The zero-order chi connectivity index (χ0) is 80.4. The first-order chi connectivity index (χ1) is 51.7. The first-order valence-corrected chi connectivity index (χ1v) is 44.1. The van der Waals surface area contributed by atoms with E-state index in [2.05, 4.69) is 129 Å². The summed E-state index contributed by atoms with van der Waals surface area (Å²) in [4.78, 5) is 109. The molecule has 10 heterocycles. The molecular weight excluding hydrogens is 1840 g/mol. The second-order valence-electron chi connectivity index (χ2n) is 22.2. The number of benzene rings is 4. The number of carboxylic acids is 1. The van der Waals surface area contributed by atoms with Gasteiger partial charge in [-0.15, -0.1) is 63.3 Å². The maximum absolute atomic E-state index is 12.5. The number of aryl methyl sites for hydroxylation is 1. The highest BCUT2D eigenvalue weighted by Gasteiger charge is 2.49. The van der Waals surface area contributed by atoms with Crippen LogP contribution in [0.2, 0.25) is 0 Å². The van der Waals surface area contributed by atoms with Crippen LogP contribution in [0.3, 0.4) is 0 Å². The molecule has 0 atom stereocenters. The van der Waals surface area contributed by atoms with Crippen LogP contribution in [-0.2, 0) is 25.3 Å². The summed E-state index contributed by atoms with van der Waals surface area (Å²) in [5.41, 5.74) is 6.86. The zero-order valence-corrected chi connectivity index (χ0v) is 73.1. The van der Waals surface area contributed by atoms with Crippen molar-refractivity contribution in [2.24, 2.45) is 0 Å². The Morgan fingerprint density at radius 1 is 0.523 bits per heavy atom. The van der Waals surface area contributed by atoms with Crippen molar-refractivity contribution in [3.63, 3.8) is 0 Å². The normalized spacial score (nSPS) is 11.9. The molecule has 109 heavy (non-hydrogen) atoms. The number of nitrogens with one attached hydrogen (secondary N) is 4.